The summed E-state index contributed by atoms with van der Waals surface area (Å²) in [6.07, 6.45) is 3.40. The monoisotopic (exact) mass is 284 g/mol. The van der Waals surface area contributed by atoms with Crippen molar-refractivity contribution in [3.63, 3.8) is 0 Å². The van der Waals surface area contributed by atoms with Gasteiger partial charge < -0.3 is 9.47 Å². The normalized spacial score (nSPS) is 24.4. The molecule has 1 heterocycles. The molecule has 0 amide bonds. The highest BCUT2D eigenvalue weighted by atomic mass is 32.2. The van der Waals surface area contributed by atoms with Crippen LogP contribution in [0, 0.1) is 0 Å². The Morgan fingerprint density at radius 3 is 2.74 bits per heavy atom. The van der Waals surface area contributed by atoms with E-state index in [9.17, 15) is 8.42 Å². The highest BCUT2D eigenvalue weighted by molar-refractivity contribution is 7.67. The summed E-state index contributed by atoms with van der Waals surface area (Å²) in [4.78, 5) is 0. The Kier molecular flexibility index (Phi) is 3.47. The fourth-order valence-corrected chi connectivity index (χ4v) is 3.03. The van der Waals surface area contributed by atoms with Gasteiger partial charge in [-0.05, 0) is 18.9 Å². The molecule has 1 atom stereocenters. The Hall–Kier alpha value is -1.11. The summed E-state index contributed by atoms with van der Waals surface area (Å²) in [6, 6.07) is 7.55. The van der Waals surface area contributed by atoms with Crippen LogP contribution in [-0.2, 0) is 19.9 Å². The molecule has 1 fully saturated rings. The first-order chi connectivity index (χ1) is 9.19. The van der Waals surface area contributed by atoms with Crippen LogP contribution in [0.3, 0.4) is 0 Å². The van der Waals surface area contributed by atoms with E-state index in [-0.39, 0.29) is 6.61 Å². The van der Waals surface area contributed by atoms with Crippen LogP contribution < -0.4 is 4.74 Å². The molecule has 1 spiro atoms. The molecule has 1 aromatic rings. The van der Waals surface area contributed by atoms with E-state index in [1.54, 1.807) is 0 Å². The summed E-state index contributed by atoms with van der Waals surface area (Å²) < 4.78 is 37.9. The van der Waals surface area contributed by atoms with Gasteiger partial charge in [-0.3, -0.25) is 4.18 Å². The van der Waals surface area contributed by atoms with Gasteiger partial charge in [0.15, 0.2) is 0 Å². The van der Waals surface area contributed by atoms with Crippen molar-refractivity contribution in [2.45, 2.75) is 37.6 Å². The van der Waals surface area contributed by atoms with Gasteiger partial charge in [-0.2, -0.15) is 0 Å². The van der Waals surface area contributed by atoms with E-state index < -0.39 is 22.9 Å². The summed E-state index contributed by atoms with van der Waals surface area (Å²) in [5.74, 6) is 0.169. The van der Waals surface area contributed by atoms with Crippen LogP contribution in [0.1, 0.15) is 37.4 Å². The molecule has 5 nitrogen and oxygen atoms in total. The van der Waals surface area contributed by atoms with Crippen molar-refractivity contribution in [2.24, 2.45) is 0 Å². The van der Waals surface area contributed by atoms with Gasteiger partial charge in [0.1, 0.15) is 11.9 Å². The Bertz CT molecular complexity index is 526. The molecule has 0 bridgehead atoms. The molecule has 0 saturated heterocycles. The van der Waals surface area contributed by atoms with E-state index in [0.717, 1.165) is 37.0 Å². The second-order valence-electron chi connectivity index (χ2n) is 4.88. The summed E-state index contributed by atoms with van der Waals surface area (Å²) in [5, 5.41) is 0. The molecule has 1 saturated carbocycles. The standard InChI is InChI=1S/C13H16O5S/c14-19(15)16-9-12-10-5-1-2-6-11(10)17-13(18-12)7-3-4-8-13/h1-2,5-6,12,19H,3-4,7-9H2/t12-/m0/s1. The molecule has 6 heteroatoms. The molecule has 1 aliphatic carbocycles. The molecule has 1 aromatic carbocycles. The Morgan fingerprint density at radius 1 is 1.26 bits per heavy atom. The minimum Gasteiger partial charge on any atom is -0.462 e. The van der Waals surface area contributed by atoms with Crippen LogP contribution in [-0.4, -0.2) is 20.8 Å². The van der Waals surface area contributed by atoms with Crippen molar-refractivity contribution >= 4 is 11.0 Å². The quantitative estimate of drug-likeness (QED) is 0.860. The number of hydrogen-bond donors (Lipinski definition) is 1. The van der Waals surface area contributed by atoms with Crippen LogP contribution in [0.4, 0.5) is 0 Å². The SMILES string of the molecule is O=[SH](=O)OC[C@@H]1OC2(CCCC2)Oc2ccccc21. The van der Waals surface area contributed by atoms with Crippen LogP contribution in [0.15, 0.2) is 24.3 Å². The maximum Gasteiger partial charge on any atom is 0.257 e. The molecule has 0 radical (unpaired) electrons. The minimum atomic E-state index is -2.86. The fraction of sp³-hybridized carbons (Fsp3) is 0.538. The lowest BCUT2D eigenvalue weighted by Gasteiger charge is -2.39. The zero-order chi connectivity index (χ0) is 13.3. The van der Waals surface area contributed by atoms with Gasteiger partial charge in [0.25, 0.3) is 11.0 Å². The Balaban J connectivity index is 1.89. The third kappa shape index (κ3) is 2.61. The van der Waals surface area contributed by atoms with Gasteiger partial charge in [-0.15, -0.1) is 0 Å². The molecular formula is C13H16O5S. The third-order valence-electron chi connectivity index (χ3n) is 3.62. The van der Waals surface area contributed by atoms with Gasteiger partial charge in [-0.1, -0.05) is 18.2 Å². The maximum atomic E-state index is 10.6. The fourth-order valence-electron chi connectivity index (χ4n) is 2.77. The first kappa shape index (κ1) is 12.9. The number of benzene rings is 1. The molecule has 0 unspecified atom stereocenters. The molecular weight excluding hydrogens is 268 g/mol. The van der Waals surface area contributed by atoms with Crippen LogP contribution >= 0.6 is 0 Å². The van der Waals surface area contributed by atoms with Crippen LogP contribution in [0.5, 0.6) is 5.75 Å². The van der Waals surface area contributed by atoms with Crippen molar-refractivity contribution in [1.82, 2.24) is 0 Å². The molecule has 3 rings (SSSR count). The first-order valence-corrected chi connectivity index (χ1v) is 7.51. The maximum absolute atomic E-state index is 10.6. The number of para-hydroxylation sites is 1. The summed E-state index contributed by atoms with van der Waals surface area (Å²) in [6.45, 7) is 0.000820. The van der Waals surface area contributed by atoms with Gasteiger partial charge in [0.2, 0.25) is 5.79 Å². The zero-order valence-electron chi connectivity index (χ0n) is 10.4. The topological polar surface area (TPSA) is 61.8 Å². The second kappa shape index (κ2) is 5.11. The lowest BCUT2D eigenvalue weighted by atomic mass is 10.1. The van der Waals surface area contributed by atoms with Gasteiger partial charge >= 0.3 is 0 Å². The lowest BCUT2D eigenvalue weighted by Crippen LogP contribution is -2.42. The van der Waals surface area contributed by atoms with Crippen molar-refractivity contribution in [2.75, 3.05) is 6.61 Å². The molecule has 1 aliphatic heterocycles. The first-order valence-electron chi connectivity index (χ1n) is 6.42. The van der Waals surface area contributed by atoms with E-state index in [1.807, 2.05) is 24.3 Å². The number of fused-ring (bicyclic) bond motifs is 1. The highest BCUT2D eigenvalue weighted by Gasteiger charge is 2.44. The van der Waals surface area contributed by atoms with Gasteiger partial charge in [0, 0.05) is 18.4 Å². The molecule has 0 N–H and O–H groups in total. The second-order valence-corrected chi connectivity index (χ2v) is 5.59. The van der Waals surface area contributed by atoms with Crippen molar-refractivity contribution in [3.05, 3.63) is 29.8 Å². The van der Waals surface area contributed by atoms with E-state index in [0.29, 0.717) is 0 Å². The Morgan fingerprint density at radius 2 is 2.00 bits per heavy atom. The molecule has 19 heavy (non-hydrogen) atoms. The van der Waals surface area contributed by atoms with Crippen molar-refractivity contribution < 1.29 is 22.1 Å². The number of thiol groups is 1. The van der Waals surface area contributed by atoms with E-state index in [4.69, 9.17) is 13.7 Å². The predicted molar refractivity (Wildman–Crippen MR) is 68.4 cm³/mol. The Labute approximate surface area is 113 Å². The number of rotatable bonds is 3. The molecule has 104 valence electrons. The predicted octanol–water partition coefficient (Wildman–Crippen LogP) is 1.95. The minimum absolute atomic E-state index is 0.000820. The van der Waals surface area contributed by atoms with Crippen LogP contribution in [0.2, 0.25) is 0 Å². The van der Waals surface area contributed by atoms with E-state index in [2.05, 4.69) is 0 Å². The summed E-state index contributed by atoms with van der Waals surface area (Å²) in [7, 11) is -2.86. The smallest absolute Gasteiger partial charge is 0.257 e. The largest absolute Gasteiger partial charge is 0.462 e. The summed E-state index contributed by atoms with van der Waals surface area (Å²) in [5.41, 5.74) is 0.844. The molecule has 2 aliphatic rings. The van der Waals surface area contributed by atoms with Crippen LogP contribution in [0.25, 0.3) is 0 Å². The highest BCUT2D eigenvalue weighted by Crippen LogP contribution is 2.45. The lowest BCUT2D eigenvalue weighted by molar-refractivity contribution is -0.230. The average molecular weight is 284 g/mol. The average Bonchev–Trinajstić information content (AvgIpc) is 2.83. The van der Waals surface area contributed by atoms with Gasteiger partial charge in [-0.25, -0.2) is 8.42 Å². The third-order valence-corrected chi connectivity index (χ3v) is 3.98. The number of ether oxygens (including phenoxy) is 2. The molecule has 0 aromatic heterocycles. The van der Waals surface area contributed by atoms with E-state index >= 15 is 0 Å². The van der Waals surface area contributed by atoms with Crippen molar-refractivity contribution in [1.29, 1.82) is 0 Å². The van der Waals surface area contributed by atoms with E-state index in [1.165, 1.54) is 0 Å². The summed E-state index contributed by atoms with van der Waals surface area (Å²) >= 11 is 0. The zero-order valence-corrected chi connectivity index (χ0v) is 11.3. The van der Waals surface area contributed by atoms with Crippen molar-refractivity contribution in [3.8, 4) is 5.75 Å². The van der Waals surface area contributed by atoms with Gasteiger partial charge in [0.05, 0.1) is 6.61 Å². The number of hydrogen-bond acceptors (Lipinski definition) is 5.